The van der Waals surface area contributed by atoms with Crippen molar-refractivity contribution in [3.63, 3.8) is 0 Å². The van der Waals surface area contributed by atoms with Crippen molar-refractivity contribution in [2.24, 2.45) is 17.1 Å². The zero-order valence-electron chi connectivity index (χ0n) is 8.24. The summed E-state index contributed by atoms with van der Waals surface area (Å²) < 4.78 is 14.0. The molecule has 0 rings (SSSR count). The van der Waals surface area contributed by atoms with E-state index in [1.165, 1.54) is 0 Å². The van der Waals surface area contributed by atoms with Crippen LogP contribution in [0.1, 0.15) is 34.6 Å². The highest BCUT2D eigenvalue weighted by atomic mass is 19.1. The molecule has 0 aromatic rings. The van der Waals surface area contributed by atoms with Crippen LogP contribution in [0.4, 0.5) is 4.39 Å². The van der Waals surface area contributed by atoms with E-state index in [9.17, 15) is 4.39 Å². The van der Waals surface area contributed by atoms with Crippen LogP contribution in [0.3, 0.4) is 0 Å². The lowest BCUT2D eigenvalue weighted by Crippen LogP contribution is -2.49. The summed E-state index contributed by atoms with van der Waals surface area (Å²) in [6, 6.07) is 0. The van der Waals surface area contributed by atoms with E-state index in [4.69, 9.17) is 5.73 Å². The van der Waals surface area contributed by atoms with Crippen LogP contribution in [0.25, 0.3) is 0 Å². The first-order valence-electron chi connectivity index (χ1n) is 4.14. The number of hydrogen-bond acceptors (Lipinski definition) is 1. The van der Waals surface area contributed by atoms with Crippen molar-refractivity contribution in [2.45, 2.75) is 40.3 Å². The Labute approximate surface area is 69.2 Å². The van der Waals surface area contributed by atoms with Gasteiger partial charge in [-0.1, -0.05) is 34.6 Å². The monoisotopic (exact) mass is 161 g/mol. The number of halogens is 1. The van der Waals surface area contributed by atoms with Crippen molar-refractivity contribution in [1.82, 2.24) is 0 Å². The fourth-order valence-corrected chi connectivity index (χ4v) is 1.41. The van der Waals surface area contributed by atoms with Crippen LogP contribution in [0, 0.1) is 11.3 Å². The highest BCUT2D eigenvalue weighted by Gasteiger charge is 2.43. The Bertz CT molecular complexity index is 126. The van der Waals surface area contributed by atoms with E-state index in [1.807, 2.05) is 34.6 Å². The topological polar surface area (TPSA) is 26.0 Å². The molecule has 0 fully saturated rings. The molecule has 0 aliphatic carbocycles. The zero-order chi connectivity index (χ0) is 9.28. The van der Waals surface area contributed by atoms with E-state index >= 15 is 0 Å². The summed E-state index contributed by atoms with van der Waals surface area (Å²) in [7, 11) is 0. The van der Waals surface area contributed by atoms with Gasteiger partial charge in [-0.25, -0.2) is 4.39 Å². The molecule has 2 heteroatoms. The molecule has 1 unspecified atom stereocenters. The van der Waals surface area contributed by atoms with Crippen LogP contribution in [0.2, 0.25) is 0 Å². The van der Waals surface area contributed by atoms with Crippen LogP contribution in [0.5, 0.6) is 0 Å². The molecular formula is C9H20FN. The Morgan fingerprint density at radius 3 is 1.64 bits per heavy atom. The molecule has 11 heavy (non-hydrogen) atoms. The quantitative estimate of drug-likeness (QED) is 0.661. The van der Waals surface area contributed by atoms with E-state index in [0.29, 0.717) is 0 Å². The van der Waals surface area contributed by atoms with Gasteiger partial charge in [0.25, 0.3) is 0 Å². The summed E-state index contributed by atoms with van der Waals surface area (Å²) >= 11 is 0. The fraction of sp³-hybridized carbons (Fsp3) is 1.00. The van der Waals surface area contributed by atoms with Crippen molar-refractivity contribution in [3.8, 4) is 0 Å². The van der Waals surface area contributed by atoms with Crippen LogP contribution in [-0.4, -0.2) is 12.2 Å². The largest absolute Gasteiger partial charge is 0.327 e. The average Bonchev–Trinajstić information content (AvgIpc) is 1.83. The minimum absolute atomic E-state index is 0.0208. The first-order valence-corrected chi connectivity index (χ1v) is 4.14. The molecule has 0 heterocycles. The van der Waals surface area contributed by atoms with E-state index in [1.54, 1.807) is 0 Å². The Hall–Kier alpha value is -0.110. The maximum atomic E-state index is 14.0. The first kappa shape index (κ1) is 10.9. The number of rotatable bonds is 2. The highest BCUT2D eigenvalue weighted by molar-refractivity contribution is 4.94. The molecule has 0 bridgehead atoms. The van der Waals surface area contributed by atoms with Gasteiger partial charge in [0, 0.05) is 6.54 Å². The molecular weight excluding hydrogens is 141 g/mol. The summed E-state index contributed by atoms with van der Waals surface area (Å²) in [4.78, 5) is 0. The number of hydrogen-bond donors (Lipinski definition) is 1. The van der Waals surface area contributed by atoms with Crippen LogP contribution in [-0.2, 0) is 0 Å². The fourth-order valence-electron chi connectivity index (χ4n) is 1.41. The van der Waals surface area contributed by atoms with Gasteiger partial charge in [-0.3, -0.25) is 0 Å². The minimum atomic E-state index is -1.24. The summed E-state index contributed by atoms with van der Waals surface area (Å²) in [5, 5.41) is 0. The normalized spacial score (nSPS) is 18.5. The van der Waals surface area contributed by atoms with Crippen LogP contribution in [0.15, 0.2) is 0 Å². The lowest BCUT2D eigenvalue weighted by molar-refractivity contribution is -0.00632. The Morgan fingerprint density at radius 2 is 1.64 bits per heavy atom. The van der Waals surface area contributed by atoms with Crippen molar-refractivity contribution in [1.29, 1.82) is 0 Å². The van der Waals surface area contributed by atoms with Gasteiger partial charge in [0.05, 0.1) is 0 Å². The molecule has 0 amide bonds. The summed E-state index contributed by atoms with van der Waals surface area (Å²) in [5.41, 5.74) is 3.81. The Balaban J connectivity index is 4.61. The molecule has 0 aliphatic heterocycles. The lowest BCUT2D eigenvalue weighted by Gasteiger charge is -2.40. The first-order chi connectivity index (χ1) is 4.75. The number of alkyl halides is 1. The number of nitrogens with two attached hydrogens (primary N) is 1. The second-order valence-corrected chi connectivity index (χ2v) is 4.47. The van der Waals surface area contributed by atoms with Crippen LogP contribution >= 0.6 is 0 Å². The van der Waals surface area contributed by atoms with E-state index in [-0.39, 0.29) is 17.9 Å². The van der Waals surface area contributed by atoms with Crippen molar-refractivity contribution < 1.29 is 4.39 Å². The Kier molecular flexibility index (Phi) is 3.06. The van der Waals surface area contributed by atoms with Crippen molar-refractivity contribution in [3.05, 3.63) is 0 Å². The van der Waals surface area contributed by atoms with E-state index < -0.39 is 5.67 Å². The second-order valence-electron chi connectivity index (χ2n) is 4.47. The van der Waals surface area contributed by atoms with Gasteiger partial charge in [-0.2, -0.15) is 0 Å². The van der Waals surface area contributed by atoms with Gasteiger partial charge in [-0.15, -0.1) is 0 Å². The molecule has 1 atom stereocenters. The molecule has 0 saturated carbocycles. The minimum Gasteiger partial charge on any atom is -0.327 e. The summed E-state index contributed by atoms with van der Waals surface area (Å²) in [5.74, 6) is -0.0208. The predicted octanol–water partition coefficient (Wildman–Crippen LogP) is 2.36. The van der Waals surface area contributed by atoms with Crippen LogP contribution < -0.4 is 5.73 Å². The van der Waals surface area contributed by atoms with Gasteiger partial charge in [0.2, 0.25) is 0 Å². The lowest BCUT2D eigenvalue weighted by atomic mass is 9.71. The maximum Gasteiger partial charge on any atom is 0.130 e. The van der Waals surface area contributed by atoms with Gasteiger partial charge >= 0.3 is 0 Å². The van der Waals surface area contributed by atoms with E-state index in [0.717, 1.165) is 0 Å². The third-order valence-corrected chi connectivity index (χ3v) is 2.46. The third kappa shape index (κ3) is 1.92. The van der Waals surface area contributed by atoms with Crippen molar-refractivity contribution in [2.75, 3.05) is 6.54 Å². The maximum absolute atomic E-state index is 14.0. The van der Waals surface area contributed by atoms with Crippen molar-refractivity contribution >= 4 is 0 Å². The molecule has 0 aliphatic rings. The third-order valence-electron chi connectivity index (χ3n) is 2.46. The average molecular weight is 161 g/mol. The standard InChI is InChI=1S/C9H20FN/c1-7(2)9(10,6-11)8(3,4)5/h7H,6,11H2,1-5H3. The molecule has 68 valence electrons. The Morgan fingerprint density at radius 1 is 1.27 bits per heavy atom. The molecule has 0 spiro atoms. The molecule has 0 aromatic carbocycles. The van der Waals surface area contributed by atoms with Gasteiger partial charge in [0.15, 0.2) is 0 Å². The zero-order valence-corrected chi connectivity index (χ0v) is 8.24. The molecule has 2 N–H and O–H groups in total. The van der Waals surface area contributed by atoms with Gasteiger partial charge in [-0.05, 0) is 11.3 Å². The smallest absolute Gasteiger partial charge is 0.130 e. The highest BCUT2D eigenvalue weighted by Crippen LogP contribution is 2.38. The summed E-state index contributed by atoms with van der Waals surface area (Å²) in [6.45, 7) is 9.52. The molecule has 0 aromatic heterocycles. The second kappa shape index (κ2) is 3.10. The van der Waals surface area contributed by atoms with Gasteiger partial charge in [0.1, 0.15) is 5.67 Å². The molecule has 0 radical (unpaired) electrons. The molecule has 1 nitrogen and oxygen atoms in total. The predicted molar refractivity (Wildman–Crippen MR) is 47.2 cm³/mol. The van der Waals surface area contributed by atoms with E-state index in [2.05, 4.69) is 0 Å². The van der Waals surface area contributed by atoms with Gasteiger partial charge < -0.3 is 5.73 Å². The SMILES string of the molecule is CC(C)C(F)(CN)C(C)(C)C. The summed E-state index contributed by atoms with van der Waals surface area (Å²) in [6.07, 6.45) is 0. The molecule has 0 saturated heterocycles.